The number of carboxylic acids is 1. The van der Waals surface area contributed by atoms with Gasteiger partial charge in [0.1, 0.15) is 18.2 Å². The summed E-state index contributed by atoms with van der Waals surface area (Å²) in [5, 5.41) is 10.4. The Hall–Kier alpha value is -4.41. The number of nitrogens with zero attached hydrogens (tertiary/aromatic N) is 5. The lowest BCUT2D eigenvalue weighted by molar-refractivity contribution is -0.0592. The number of pyridine rings is 2. The van der Waals surface area contributed by atoms with Crippen LogP contribution in [0.25, 0.3) is 21.9 Å². The molecule has 0 radical (unpaired) electrons. The third-order valence-corrected chi connectivity index (χ3v) is 8.54. The molecule has 5 aromatic rings. The maximum Gasteiger partial charge on any atom is 0.335 e. The lowest BCUT2D eigenvalue weighted by Crippen LogP contribution is -2.35. The van der Waals surface area contributed by atoms with Crippen molar-refractivity contribution in [3.8, 4) is 5.88 Å². The number of imidazole rings is 1. The van der Waals surface area contributed by atoms with Crippen LogP contribution >= 0.6 is 0 Å². The van der Waals surface area contributed by atoms with Gasteiger partial charge in [-0.2, -0.15) is 0 Å². The number of aromatic nitrogens is 4. The van der Waals surface area contributed by atoms with Crippen LogP contribution in [0.2, 0.25) is 0 Å². The zero-order chi connectivity index (χ0) is 29.3. The van der Waals surface area contributed by atoms with Crippen molar-refractivity contribution < 1.29 is 23.8 Å². The molecule has 10 heteroatoms. The third-order valence-electron chi connectivity index (χ3n) is 8.54. The standard InChI is InChI=1S/C33H32FN5O4/c34-24-5-6-26-23(8-12-35-29(26)17-24)20-43-32-3-1-2-27(37-32)21-9-13-38(14-10-21)19-31-36-28-7-4-22(33(40)41)16-30(28)39(31)18-25-11-15-42-25/h1-8,12,16-17,21,25H,9-11,13-15,18-20H2,(H,40,41). The van der Waals surface area contributed by atoms with E-state index in [1.54, 1.807) is 30.5 Å². The molecule has 1 atom stereocenters. The highest BCUT2D eigenvalue weighted by atomic mass is 19.1. The van der Waals surface area contributed by atoms with Crippen molar-refractivity contribution in [2.24, 2.45) is 0 Å². The zero-order valence-corrected chi connectivity index (χ0v) is 23.7. The number of hydrogen-bond donors (Lipinski definition) is 1. The highest BCUT2D eigenvalue weighted by Gasteiger charge is 2.26. The lowest BCUT2D eigenvalue weighted by atomic mass is 9.93. The number of carboxylic acid groups (broad SMARTS) is 1. The molecule has 2 aliphatic heterocycles. The van der Waals surface area contributed by atoms with Crippen molar-refractivity contribution in [3.05, 3.63) is 95.3 Å². The summed E-state index contributed by atoms with van der Waals surface area (Å²) in [5.41, 5.74) is 4.47. The van der Waals surface area contributed by atoms with E-state index in [4.69, 9.17) is 19.4 Å². The Balaban J connectivity index is 1.01. The molecule has 2 aliphatic rings. The van der Waals surface area contributed by atoms with Crippen LogP contribution in [0, 0.1) is 5.82 Å². The molecular formula is C33H32FN5O4. The average molecular weight is 582 g/mol. The second kappa shape index (κ2) is 11.7. The van der Waals surface area contributed by atoms with Gasteiger partial charge in [-0.1, -0.05) is 6.07 Å². The van der Waals surface area contributed by atoms with Gasteiger partial charge in [0.15, 0.2) is 0 Å². The summed E-state index contributed by atoms with van der Waals surface area (Å²) in [4.78, 5) is 28.0. The second-order valence-electron chi connectivity index (χ2n) is 11.3. The maximum absolute atomic E-state index is 13.6. The van der Waals surface area contributed by atoms with Gasteiger partial charge in [0.25, 0.3) is 0 Å². The fraction of sp³-hybridized carbons (Fsp3) is 0.333. The van der Waals surface area contributed by atoms with Gasteiger partial charge in [-0.3, -0.25) is 9.88 Å². The SMILES string of the molecule is O=C(O)c1ccc2nc(CN3CCC(c4cccc(OCc5ccnc6cc(F)ccc56)n4)CC3)n(CC3CCO3)c2c1. The van der Waals surface area contributed by atoms with E-state index in [-0.39, 0.29) is 17.5 Å². The van der Waals surface area contributed by atoms with Gasteiger partial charge in [-0.15, -0.1) is 0 Å². The Morgan fingerprint density at radius 2 is 1.88 bits per heavy atom. The van der Waals surface area contributed by atoms with E-state index in [0.717, 1.165) is 72.5 Å². The molecule has 2 aromatic carbocycles. The third kappa shape index (κ3) is 5.80. The van der Waals surface area contributed by atoms with Crippen molar-refractivity contribution in [1.29, 1.82) is 0 Å². The van der Waals surface area contributed by atoms with E-state index >= 15 is 0 Å². The van der Waals surface area contributed by atoms with E-state index in [0.29, 0.717) is 37.0 Å². The molecule has 1 unspecified atom stereocenters. The lowest BCUT2D eigenvalue weighted by Gasteiger charge is -2.32. The predicted octanol–water partition coefficient (Wildman–Crippen LogP) is 5.56. The number of rotatable bonds is 9. The fourth-order valence-corrected chi connectivity index (χ4v) is 6.05. The molecule has 43 heavy (non-hydrogen) atoms. The molecular weight excluding hydrogens is 549 g/mol. The van der Waals surface area contributed by atoms with E-state index in [1.807, 2.05) is 18.2 Å². The summed E-state index contributed by atoms with van der Waals surface area (Å²) in [6, 6.07) is 17.5. The van der Waals surface area contributed by atoms with Crippen molar-refractivity contribution in [1.82, 2.24) is 24.4 Å². The molecule has 0 spiro atoms. The molecule has 0 amide bonds. The number of fused-ring (bicyclic) bond motifs is 2. The van der Waals surface area contributed by atoms with Crippen LogP contribution in [0.1, 0.15) is 52.6 Å². The molecule has 5 heterocycles. The highest BCUT2D eigenvalue weighted by molar-refractivity contribution is 5.92. The van der Waals surface area contributed by atoms with Crippen LogP contribution in [-0.2, 0) is 24.4 Å². The minimum absolute atomic E-state index is 0.135. The van der Waals surface area contributed by atoms with Gasteiger partial charge >= 0.3 is 5.97 Å². The summed E-state index contributed by atoms with van der Waals surface area (Å²) in [7, 11) is 0. The molecule has 1 N–H and O–H groups in total. The number of likely N-dealkylation sites (tertiary alicyclic amines) is 1. The van der Waals surface area contributed by atoms with Gasteiger partial charge in [-0.05, 0) is 74.8 Å². The van der Waals surface area contributed by atoms with Crippen LogP contribution in [0.15, 0.2) is 66.9 Å². The molecule has 2 fully saturated rings. The van der Waals surface area contributed by atoms with Gasteiger partial charge in [0.2, 0.25) is 5.88 Å². The monoisotopic (exact) mass is 581 g/mol. The molecule has 0 saturated carbocycles. The molecule has 3 aromatic heterocycles. The maximum atomic E-state index is 13.6. The fourth-order valence-electron chi connectivity index (χ4n) is 6.05. The topological polar surface area (TPSA) is 103 Å². The van der Waals surface area contributed by atoms with Crippen LogP contribution in [-0.4, -0.2) is 61.3 Å². The van der Waals surface area contributed by atoms with Crippen molar-refractivity contribution >= 4 is 27.9 Å². The summed E-state index contributed by atoms with van der Waals surface area (Å²) in [5.74, 6) is 0.578. The van der Waals surface area contributed by atoms with E-state index in [2.05, 4.69) is 20.5 Å². The number of piperidine rings is 1. The predicted molar refractivity (Wildman–Crippen MR) is 159 cm³/mol. The van der Waals surface area contributed by atoms with Crippen LogP contribution in [0.3, 0.4) is 0 Å². The van der Waals surface area contributed by atoms with Gasteiger partial charge in [-0.25, -0.2) is 19.2 Å². The quantitative estimate of drug-likeness (QED) is 0.241. The molecule has 7 rings (SSSR count). The summed E-state index contributed by atoms with van der Waals surface area (Å²) in [6.07, 6.45) is 4.73. The second-order valence-corrected chi connectivity index (χ2v) is 11.3. The first kappa shape index (κ1) is 27.4. The van der Waals surface area contributed by atoms with Crippen LogP contribution in [0.4, 0.5) is 4.39 Å². The van der Waals surface area contributed by atoms with E-state index in [1.165, 1.54) is 12.1 Å². The first-order valence-electron chi connectivity index (χ1n) is 14.7. The van der Waals surface area contributed by atoms with Crippen molar-refractivity contribution in [2.45, 2.75) is 51.0 Å². The number of ether oxygens (including phenoxy) is 2. The molecule has 2 saturated heterocycles. The summed E-state index contributed by atoms with van der Waals surface area (Å²) >= 11 is 0. The number of benzene rings is 2. The van der Waals surface area contributed by atoms with Gasteiger partial charge in [0.05, 0.1) is 41.3 Å². The van der Waals surface area contributed by atoms with Crippen LogP contribution in [0.5, 0.6) is 5.88 Å². The molecule has 9 nitrogen and oxygen atoms in total. The van der Waals surface area contributed by atoms with Crippen molar-refractivity contribution in [2.75, 3.05) is 19.7 Å². The summed E-state index contributed by atoms with van der Waals surface area (Å²) < 4.78 is 27.5. The van der Waals surface area contributed by atoms with Gasteiger partial charge in [0, 0.05) is 47.5 Å². The Morgan fingerprint density at radius 1 is 1.02 bits per heavy atom. The highest BCUT2D eigenvalue weighted by Crippen LogP contribution is 2.30. The average Bonchev–Trinajstić information content (AvgIpc) is 3.33. The number of halogens is 1. The van der Waals surface area contributed by atoms with Crippen LogP contribution < -0.4 is 4.74 Å². The first-order valence-corrected chi connectivity index (χ1v) is 14.7. The Kier molecular flexibility index (Phi) is 7.46. The van der Waals surface area contributed by atoms with E-state index < -0.39 is 5.97 Å². The normalized spacial score (nSPS) is 17.7. The molecule has 0 aliphatic carbocycles. The minimum Gasteiger partial charge on any atom is -0.478 e. The Labute approximate surface area is 247 Å². The van der Waals surface area contributed by atoms with E-state index in [9.17, 15) is 14.3 Å². The minimum atomic E-state index is -0.941. The number of carbonyl (C=O) groups is 1. The number of aromatic carboxylic acids is 1. The summed E-state index contributed by atoms with van der Waals surface area (Å²) in [6.45, 7) is 4.26. The van der Waals surface area contributed by atoms with Crippen molar-refractivity contribution in [3.63, 3.8) is 0 Å². The smallest absolute Gasteiger partial charge is 0.335 e. The van der Waals surface area contributed by atoms with Gasteiger partial charge < -0.3 is 19.1 Å². The Bertz CT molecular complexity index is 1800. The molecule has 220 valence electrons. The largest absolute Gasteiger partial charge is 0.478 e. The Morgan fingerprint density at radius 3 is 2.67 bits per heavy atom. The first-order chi connectivity index (χ1) is 21.0. The molecule has 0 bridgehead atoms. The number of hydrogen-bond acceptors (Lipinski definition) is 7. The zero-order valence-electron chi connectivity index (χ0n) is 23.7.